The third kappa shape index (κ3) is 2.12. The number of urea groups is 1. The van der Waals surface area contributed by atoms with Crippen molar-refractivity contribution in [1.29, 1.82) is 0 Å². The molecule has 1 unspecified atom stereocenters. The Kier molecular flexibility index (Phi) is 3.38. The van der Waals surface area contributed by atoms with Crippen molar-refractivity contribution in [1.82, 2.24) is 4.90 Å². The summed E-state index contributed by atoms with van der Waals surface area (Å²) in [6.45, 7) is 6.94. The van der Waals surface area contributed by atoms with Crippen LogP contribution in [0.1, 0.15) is 6.42 Å². The van der Waals surface area contributed by atoms with E-state index in [0.717, 1.165) is 4.90 Å². The monoisotopic (exact) mass is 207 g/mol. The lowest BCUT2D eigenvalue weighted by molar-refractivity contribution is -0.224. The van der Waals surface area contributed by atoms with Gasteiger partial charge in [-0.15, -0.1) is 13.2 Å². The van der Waals surface area contributed by atoms with Gasteiger partial charge in [-0.1, -0.05) is 12.2 Å². The molecular weight excluding hydrogens is 196 g/mol. The molecule has 0 aromatic carbocycles. The average molecular weight is 207 g/mol. The summed E-state index contributed by atoms with van der Waals surface area (Å²) in [4.78, 5) is 27.0. The highest BCUT2D eigenvalue weighted by Gasteiger charge is 2.31. The van der Waals surface area contributed by atoms with Crippen LogP contribution in [0.3, 0.4) is 0 Å². The molecule has 0 bridgehead atoms. The summed E-state index contributed by atoms with van der Waals surface area (Å²) in [5, 5.41) is 11.2. The first-order valence-electron chi connectivity index (χ1n) is 4.44. The van der Waals surface area contributed by atoms with Crippen molar-refractivity contribution in [3.63, 3.8) is 0 Å². The molecule has 1 aliphatic heterocycles. The summed E-state index contributed by atoms with van der Waals surface area (Å²) < 4.78 is 0. The van der Waals surface area contributed by atoms with Crippen LogP contribution >= 0.6 is 0 Å². The van der Waals surface area contributed by atoms with Crippen LogP contribution in [0.2, 0.25) is 0 Å². The zero-order chi connectivity index (χ0) is 11.4. The largest absolute Gasteiger partial charge is 0.861 e. The van der Waals surface area contributed by atoms with Crippen LogP contribution in [0.25, 0.3) is 0 Å². The number of nitrogens with zero attached hydrogens (tertiary/aromatic N) is 2. The molecule has 0 saturated carbocycles. The summed E-state index contributed by atoms with van der Waals surface area (Å²) in [5.41, 5.74) is 0. The highest BCUT2D eigenvalue weighted by Crippen LogP contribution is 2.15. The van der Waals surface area contributed by atoms with Gasteiger partial charge in [-0.3, -0.25) is 9.69 Å². The van der Waals surface area contributed by atoms with Crippen molar-refractivity contribution >= 4 is 17.8 Å². The van der Waals surface area contributed by atoms with E-state index in [9.17, 15) is 14.7 Å². The molecular formula is C10H11N2O3-. The number of carbonyl (C=O) groups is 2. The van der Waals surface area contributed by atoms with Crippen LogP contribution in [0.4, 0.5) is 4.79 Å². The molecule has 1 atom stereocenters. The molecule has 15 heavy (non-hydrogen) atoms. The van der Waals surface area contributed by atoms with E-state index in [4.69, 9.17) is 0 Å². The lowest BCUT2D eigenvalue weighted by Crippen LogP contribution is -2.50. The van der Waals surface area contributed by atoms with Crippen molar-refractivity contribution < 1.29 is 14.7 Å². The van der Waals surface area contributed by atoms with Crippen LogP contribution in [0.5, 0.6) is 0 Å². The van der Waals surface area contributed by atoms with Gasteiger partial charge in [0.15, 0.2) is 0 Å². The quantitative estimate of drug-likeness (QED) is 0.613. The molecule has 1 heterocycles. The van der Waals surface area contributed by atoms with E-state index in [1.807, 2.05) is 0 Å². The summed E-state index contributed by atoms with van der Waals surface area (Å²) in [7, 11) is 0. The van der Waals surface area contributed by atoms with Gasteiger partial charge >= 0.3 is 6.03 Å². The number of aliphatic imine (C=N–C) groups is 1. The molecule has 0 aliphatic carbocycles. The highest BCUT2D eigenvalue weighted by atomic mass is 16.3. The van der Waals surface area contributed by atoms with E-state index in [1.54, 1.807) is 0 Å². The minimum atomic E-state index is -0.903. The Hall–Kier alpha value is -1.91. The van der Waals surface area contributed by atoms with Crippen LogP contribution in [-0.4, -0.2) is 29.3 Å². The van der Waals surface area contributed by atoms with Gasteiger partial charge in [0.2, 0.25) is 5.91 Å². The van der Waals surface area contributed by atoms with Gasteiger partial charge in [0.1, 0.15) is 0 Å². The second-order valence-corrected chi connectivity index (χ2v) is 3.05. The number of hydrogen-bond acceptors (Lipinski definition) is 3. The van der Waals surface area contributed by atoms with Gasteiger partial charge in [0.25, 0.3) is 0 Å². The molecule has 0 spiro atoms. The van der Waals surface area contributed by atoms with E-state index < -0.39 is 23.8 Å². The van der Waals surface area contributed by atoms with Crippen LogP contribution < -0.4 is 5.11 Å². The average Bonchev–Trinajstić information content (AvgIpc) is 2.19. The van der Waals surface area contributed by atoms with Crippen molar-refractivity contribution in [2.75, 3.05) is 6.54 Å². The SMILES string of the molecule is C=CCC1C(=O)N(CC=C)C(=O)N=C1[O-]. The Morgan fingerprint density at radius 3 is 2.60 bits per heavy atom. The van der Waals surface area contributed by atoms with Crippen LogP contribution in [0, 0.1) is 5.92 Å². The standard InChI is InChI=1S/C10H12N2O3/c1-3-5-7-8(13)11-10(15)12(6-4-2)9(7)14/h3-4,7H,1-2,5-6H2,(H,11,13,15)/p-1. The van der Waals surface area contributed by atoms with Gasteiger partial charge in [-0.2, -0.15) is 0 Å². The number of hydrogen-bond donors (Lipinski definition) is 0. The maximum absolute atomic E-state index is 11.7. The molecule has 0 aromatic rings. The highest BCUT2D eigenvalue weighted by molar-refractivity contribution is 6.12. The molecule has 0 saturated heterocycles. The first-order valence-corrected chi connectivity index (χ1v) is 4.44. The third-order valence-electron chi connectivity index (χ3n) is 2.01. The molecule has 0 radical (unpaired) electrons. The van der Waals surface area contributed by atoms with Crippen molar-refractivity contribution in [3.8, 4) is 0 Å². The normalized spacial score (nSPS) is 21.2. The van der Waals surface area contributed by atoms with Gasteiger partial charge in [-0.25, -0.2) is 9.79 Å². The first-order chi connectivity index (χ1) is 7.11. The van der Waals surface area contributed by atoms with Gasteiger partial charge in [0.05, 0.1) is 5.92 Å². The zero-order valence-electron chi connectivity index (χ0n) is 8.18. The Balaban J connectivity index is 2.97. The molecule has 1 rings (SSSR count). The zero-order valence-corrected chi connectivity index (χ0v) is 8.18. The Morgan fingerprint density at radius 2 is 2.07 bits per heavy atom. The fourth-order valence-corrected chi connectivity index (χ4v) is 1.29. The Morgan fingerprint density at radius 1 is 1.40 bits per heavy atom. The summed E-state index contributed by atoms with van der Waals surface area (Å²) in [6, 6.07) is -0.815. The van der Waals surface area contributed by atoms with Crippen molar-refractivity contribution in [2.24, 2.45) is 10.9 Å². The predicted octanol–water partition coefficient (Wildman–Crippen LogP) is 0.0857. The minimum absolute atomic E-state index is 0.0715. The topological polar surface area (TPSA) is 72.8 Å². The van der Waals surface area contributed by atoms with Crippen LogP contribution in [-0.2, 0) is 4.79 Å². The molecule has 5 nitrogen and oxygen atoms in total. The fourth-order valence-electron chi connectivity index (χ4n) is 1.29. The molecule has 0 N–H and O–H groups in total. The third-order valence-corrected chi connectivity index (χ3v) is 2.01. The van der Waals surface area contributed by atoms with E-state index in [-0.39, 0.29) is 13.0 Å². The number of imide groups is 1. The van der Waals surface area contributed by atoms with Crippen LogP contribution in [0.15, 0.2) is 30.3 Å². The fraction of sp³-hybridized carbons (Fsp3) is 0.300. The summed E-state index contributed by atoms with van der Waals surface area (Å²) in [6.07, 6.45) is 3.06. The maximum Gasteiger partial charge on any atom is 0.349 e. The van der Waals surface area contributed by atoms with Gasteiger partial charge in [-0.05, 0) is 12.3 Å². The Bertz CT molecular complexity index is 347. The predicted molar refractivity (Wildman–Crippen MR) is 53.0 cm³/mol. The lowest BCUT2D eigenvalue weighted by Gasteiger charge is -2.30. The second kappa shape index (κ2) is 4.54. The van der Waals surface area contributed by atoms with E-state index >= 15 is 0 Å². The van der Waals surface area contributed by atoms with Crippen molar-refractivity contribution in [3.05, 3.63) is 25.3 Å². The number of amides is 3. The first kappa shape index (κ1) is 11.2. The second-order valence-electron chi connectivity index (χ2n) is 3.05. The molecule has 3 amide bonds. The van der Waals surface area contributed by atoms with E-state index in [0.29, 0.717) is 0 Å². The van der Waals surface area contributed by atoms with Gasteiger partial charge < -0.3 is 5.11 Å². The maximum atomic E-state index is 11.7. The molecule has 0 fully saturated rings. The summed E-state index contributed by atoms with van der Waals surface area (Å²) >= 11 is 0. The Labute approximate surface area is 87.4 Å². The number of rotatable bonds is 4. The molecule has 5 heteroatoms. The smallest absolute Gasteiger partial charge is 0.349 e. The summed E-state index contributed by atoms with van der Waals surface area (Å²) in [5.74, 6) is -2.12. The number of carbonyl (C=O) groups excluding carboxylic acids is 2. The minimum Gasteiger partial charge on any atom is -0.861 e. The van der Waals surface area contributed by atoms with E-state index in [1.165, 1.54) is 12.2 Å². The molecule has 80 valence electrons. The number of allylic oxidation sites excluding steroid dienone is 1. The van der Waals surface area contributed by atoms with Crippen molar-refractivity contribution in [2.45, 2.75) is 6.42 Å². The lowest BCUT2D eigenvalue weighted by atomic mass is 10.0. The molecule has 0 aromatic heterocycles. The van der Waals surface area contributed by atoms with Gasteiger partial charge in [0, 0.05) is 6.54 Å². The molecule has 1 aliphatic rings. The van der Waals surface area contributed by atoms with E-state index in [2.05, 4.69) is 18.2 Å².